The number of nitrogens with one attached hydrogen (secondary N) is 2. The number of nitrogens with zero attached hydrogens (tertiary/aromatic N) is 2. The number of aromatic nitrogens is 3. The molecule has 0 bridgehead atoms. The number of likely N-dealkylation sites (tertiary alicyclic amines) is 1. The van der Waals surface area contributed by atoms with Gasteiger partial charge < -0.3 is 4.90 Å². The molecule has 0 spiro atoms. The third-order valence-corrected chi connectivity index (χ3v) is 5.91. The maximum atomic E-state index is 5.50. The van der Waals surface area contributed by atoms with Gasteiger partial charge in [-0.1, -0.05) is 36.8 Å². The predicted octanol–water partition coefficient (Wildman–Crippen LogP) is 2.80. The zero-order valence-corrected chi connectivity index (χ0v) is 14.3. The van der Waals surface area contributed by atoms with Gasteiger partial charge in [0.25, 0.3) is 0 Å². The molecule has 0 amide bonds. The second kappa shape index (κ2) is 6.57. The van der Waals surface area contributed by atoms with E-state index in [1.165, 1.54) is 45.1 Å². The van der Waals surface area contributed by atoms with Crippen LogP contribution in [0.3, 0.4) is 0 Å². The minimum atomic E-state index is 0.675. The van der Waals surface area contributed by atoms with Gasteiger partial charge in [0, 0.05) is 11.5 Å². The lowest BCUT2D eigenvalue weighted by Gasteiger charge is -2.41. The van der Waals surface area contributed by atoms with Gasteiger partial charge in [-0.05, 0) is 44.3 Å². The summed E-state index contributed by atoms with van der Waals surface area (Å²) in [5, 5.41) is 3.42. The molecule has 1 unspecified atom stereocenters. The van der Waals surface area contributed by atoms with Gasteiger partial charge >= 0.3 is 0 Å². The zero-order valence-electron chi connectivity index (χ0n) is 13.5. The summed E-state index contributed by atoms with van der Waals surface area (Å²) in [5.41, 5.74) is 1.10. The Hall–Kier alpha value is -1.46. The van der Waals surface area contributed by atoms with E-state index in [-0.39, 0.29) is 0 Å². The quantitative estimate of drug-likeness (QED) is 0.850. The third kappa shape index (κ3) is 3.12. The molecule has 1 aliphatic carbocycles. The summed E-state index contributed by atoms with van der Waals surface area (Å²) >= 11 is 5.50. The predicted molar refractivity (Wildman–Crippen MR) is 93.7 cm³/mol. The van der Waals surface area contributed by atoms with E-state index >= 15 is 0 Å². The van der Waals surface area contributed by atoms with Gasteiger partial charge in [-0.15, -0.1) is 0 Å². The summed E-state index contributed by atoms with van der Waals surface area (Å²) in [6.07, 6.45) is 8.41. The first-order valence-corrected chi connectivity index (χ1v) is 9.29. The number of hydrogen-bond acceptors (Lipinski definition) is 2. The number of rotatable bonds is 3. The number of quaternary nitrogens is 1. The average Bonchev–Trinajstić information content (AvgIpc) is 2.97. The Morgan fingerprint density at radius 2 is 1.91 bits per heavy atom. The number of H-pyrrole nitrogens is 1. The van der Waals surface area contributed by atoms with Crippen LogP contribution in [0, 0.1) is 10.7 Å². The van der Waals surface area contributed by atoms with Gasteiger partial charge in [-0.3, -0.25) is 5.10 Å². The molecule has 2 aromatic rings. The van der Waals surface area contributed by atoms with Crippen molar-refractivity contribution in [1.29, 1.82) is 0 Å². The summed E-state index contributed by atoms with van der Waals surface area (Å²) in [4.78, 5) is 6.25. The largest absolute Gasteiger partial charge is 0.314 e. The summed E-state index contributed by atoms with van der Waals surface area (Å²) in [6.45, 7) is 2.20. The van der Waals surface area contributed by atoms with E-state index in [0.717, 1.165) is 30.0 Å². The number of piperidine rings is 1. The smallest absolute Gasteiger partial charge is 0.221 e. The molecule has 4 rings (SSSR count). The van der Waals surface area contributed by atoms with Gasteiger partial charge in [0.2, 0.25) is 4.77 Å². The molecular weight excluding hydrogens is 304 g/mol. The van der Waals surface area contributed by atoms with Gasteiger partial charge in [0.15, 0.2) is 12.5 Å². The van der Waals surface area contributed by atoms with Crippen LogP contribution < -0.4 is 4.90 Å². The highest BCUT2D eigenvalue weighted by Gasteiger charge is 2.36. The van der Waals surface area contributed by atoms with E-state index in [1.54, 1.807) is 4.90 Å². The van der Waals surface area contributed by atoms with Crippen molar-refractivity contribution in [2.45, 2.75) is 51.2 Å². The second-order valence-corrected chi connectivity index (χ2v) is 7.37. The average molecular weight is 329 g/mol. The van der Waals surface area contributed by atoms with Crippen molar-refractivity contribution < 1.29 is 4.90 Å². The lowest BCUT2D eigenvalue weighted by atomic mass is 9.78. The molecule has 1 aromatic carbocycles. The molecule has 1 saturated heterocycles. The molecule has 3 atom stereocenters. The lowest BCUT2D eigenvalue weighted by Crippen LogP contribution is -3.17. The van der Waals surface area contributed by atoms with Crippen LogP contribution in [0.25, 0.3) is 11.4 Å². The summed E-state index contributed by atoms with van der Waals surface area (Å²) in [7, 11) is 0. The first kappa shape index (κ1) is 15.1. The first-order valence-electron chi connectivity index (χ1n) is 8.88. The SMILES string of the molecule is S=c1nc(-c2ccccc2)[nH]n1C[NH+]1CCC[C@H]2CCCC[C@@H]21. The fourth-order valence-electron chi connectivity index (χ4n) is 4.46. The van der Waals surface area contributed by atoms with Crippen LogP contribution in [-0.2, 0) is 6.67 Å². The van der Waals surface area contributed by atoms with Crippen molar-refractivity contribution in [3.05, 3.63) is 35.1 Å². The minimum absolute atomic E-state index is 0.675. The van der Waals surface area contributed by atoms with Crippen molar-refractivity contribution in [2.24, 2.45) is 5.92 Å². The molecule has 1 aliphatic heterocycles. The van der Waals surface area contributed by atoms with Crippen molar-refractivity contribution in [1.82, 2.24) is 14.8 Å². The molecule has 1 aromatic heterocycles. The standard InChI is InChI=1S/C18H24N4S/c23-18-19-17(15-8-2-1-3-9-15)20-22(18)13-21-12-6-10-14-7-4-5-11-16(14)21/h1-3,8-9,14,16H,4-7,10-13H2,(H,19,20,23)/p+1/t14-,16+/m1/s1. The van der Waals surface area contributed by atoms with Crippen LogP contribution >= 0.6 is 12.2 Å². The zero-order chi connectivity index (χ0) is 15.6. The van der Waals surface area contributed by atoms with Gasteiger partial charge in [0.1, 0.15) is 0 Å². The minimum Gasteiger partial charge on any atom is -0.314 e. The van der Waals surface area contributed by atoms with E-state index in [9.17, 15) is 0 Å². The molecule has 122 valence electrons. The highest BCUT2D eigenvalue weighted by molar-refractivity contribution is 7.71. The molecule has 4 nitrogen and oxygen atoms in total. The molecule has 5 heteroatoms. The Balaban J connectivity index is 1.54. The van der Waals surface area contributed by atoms with E-state index in [0.29, 0.717) is 4.77 Å². The maximum absolute atomic E-state index is 5.50. The van der Waals surface area contributed by atoms with Crippen molar-refractivity contribution >= 4 is 12.2 Å². The Morgan fingerprint density at radius 3 is 2.78 bits per heavy atom. The fourth-order valence-corrected chi connectivity index (χ4v) is 4.66. The molecule has 1 saturated carbocycles. The molecule has 2 heterocycles. The second-order valence-electron chi connectivity index (χ2n) is 7.01. The fraction of sp³-hybridized carbons (Fsp3) is 0.556. The summed E-state index contributed by atoms with van der Waals surface area (Å²) in [5.74, 6) is 1.81. The number of hydrogen-bond donors (Lipinski definition) is 2. The third-order valence-electron chi connectivity index (χ3n) is 5.59. The number of aromatic amines is 1. The van der Waals surface area contributed by atoms with E-state index < -0.39 is 0 Å². The Kier molecular flexibility index (Phi) is 4.31. The Labute approximate surface area is 142 Å². The summed E-state index contributed by atoms with van der Waals surface area (Å²) in [6, 6.07) is 11.1. The molecular formula is C18H25N4S+. The van der Waals surface area contributed by atoms with Gasteiger partial charge in [-0.25, -0.2) is 4.68 Å². The van der Waals surface area contributed by atoms with E-state index in [2.05, 4.69) is 26.9 Å². The van der Waals surface area contributed by atoms with Gasteiger partial charge in [0.05, 0.1) is 12.6 Å². The molecule has 0 radical (unpaired) electrons. The highest BCUT2D eigenvalue weighted by Crippen LogP contribution is 2.28. The lowest BCUT2D eigenvalue weighted by molar-refractivity contribution is -0.958. The Morgan fingerprint density at radius 1 is 1.13 bits per heavy atom. The van der Waals surface area contributed by atoms with Crippen LogP contribution in [0.15, 0.2) is 30.3 Å². The first-order chi connectivity index (χ1) is 11.3. The number of fused-ring (bicyclic) bond motifs is 1. The molecule has 2 N–H and O–H groups in total. The van der Waals surface area contributed by atoms with E-state index in [1.807, 2.05) is 18.2 Å². The molecule has 2 fully saturated rings. The van der Waals surface area contributed by atoms with Crippen LogP contribution in [-0.4, -0.2) is 27.4 Å². The van der Waals surface area contributed by atoms with E-state index in [4.69, 9.17) is 12.2 Å². The maximum Gasteiger partial charge on any atom is 0.221 e. The topological polar surface area (TPSA) is 38.0 Å². The monoisotopic (exact) mass is 329 g/mol. The van der Waals surface area contributed by atoms with Crippen molar-refractivity contribution in [2.75, 3.05) is 6.54 Å². The Bertz CT molecular complexity index is 703. The summed E-state index contributed by atoms with van der Waals surface area (Å²) < 4.78 is 2.75. The van der Waals surface area contributed by atoms with Crippen molar-refractivity contribution in [3.8, 4) is 11.4 Å². The van der Waals surface area contributed by atoms with Crippen LogP contribution in [0.1, 0.15) is 38.5 Å². The van der Waals surface area contributed by atoms with Crippen LogP contribution in [0.2, 0.25) is 0 Å². The molecule has 2 aliphatic rings. The number of benzene rings is 1. The normalized spacial score (nSPS) is 27.6. The molecule has 23 heavy (non-hydrogen) atoms. The highest BCUT2D eigenvalue weighted by atomic mass is 32.1. The van der Waals surface area contributed by atoms with Gasteiger partial charge in [-0.2, -0.15) is 4.98 Å². The van der Waals surface area contributed by atoms with Crippen LogP contribution in [0.5, 0.6) is 0 Å². The van der Waals surface area contributed by atoms with Crippen molar-refractivity contribution in [3.63, 3.8) is 0 Å². The van der Waals surface area contributed by atoms with Crippen LogP contribution in [0.4, 0.5) is 0 Å².